The van der Waals surface area contributed by atoms with Crippen LogP contribution in [0.15, 0.2) is 24.3 Å². The van der Waals surface area contributed by atoms with Crippen LogP contribution in [0.3, 0.4) is 0 Å². The van der Waals surface area contributed by atoms with Crippen molar-refractivity contribution in [3.05, 3.63) is 29.8 Å². The van der Waals surface area contributed by atoms with Gasteiger partial charge in [-0.25, -0.2) is 4.79 Å². The zero-order chi connectivity index (χ0) is 19.4. The monoisotopic (exact) mass is 373 g/mol. The molecule has 3 rings (SSSR count). The molecule has 2 bridgehead atoms. The number of amides is 1. The van der Waals surface area contributed by atoms with Crippen molar-refractivity contribution in [2.45, 2.75) is 52.1 Å². The predicted molar refractivity (Wildman–Crippen MR) is 100 cm³/mol. The van der Waals surface area contributed by atoms with Crippen molar-refractivity contribution >= 4 is 23.5 Å². The molecule has 0 aromatic heterocycles. The van der Waals surface area contributed by atoms with Gasteiger partial charge in [0.05, 0.1) is 11.7 Å². The fourth-order valence-corrected chi connectivity index (χ4v) is 4.21. The van der Waals surface area contributed by atoms with Crippen LogP contribution in [0.25, 0.3) is 0 Å². The van der Waals surface area contributed by atoms with E-state index in [1.54, 1.807) is 38.1 Å². The lowest BCUT2D eigenvalue weighted by Gasteiger charge is -2.20. The summed E-state index contributed by atoms with van der Waals surface area (Å²) >= 11 is 0. The van der Waals surface area contributed by atoms with Gasteiger partial charge in [-0.2, -0.15) is 0 Å². The molecule has 2 aliphatic rings. The molecule has 27 heavy (non-hydrogen) atoms. The molecule has 0 heterocycles. The van der Waals surface area contributed by atoms with Gasteiger partial charge in [0.1, 0.15) is 0 Å². The van der Waals surface area contributed by atoms with Crippen LogP contribution < -0.4 is 5.32 Å². The third-order valence-electron chi connectivity index (χ3n) is 5.42. The SMILES string of the molecule is CC(C)OC(=O)c1ccc(NC(=O)COC(=O)C[C@@H]2C[C@H]3CC[C@@H]2C3)cc1. The second-order valence-corrected chi connectivity index (χ2v) is 7.88. The molecular weight excluding hydrogens is 346 g/mol. The van der Waals surface area contributed by atoms with E-state index in [-0.39, 0.29) is 18.7 Å². The van der Waals surface area contributed by atoms with Crippen molar-refractivity contribution in [1.29, 1.82) is 0 Å². The fourth-order valence-electron chi connectivity index (χ4n) is 4.21. The van der Waals surface area contributed by atoms with Gasteiger partial charge in [0.25, 0.3) is 5.91 Å². The number of esters is 2. The molecule has 6 heteroatoms. The zero-order valence-corrected chi connectivity index (χ0v) is 15.9. The number of hydrogen-bond donors (Lipinski definition) is 1. The largest absolute Gasteiger partial charge is 0.459 e. The van der Waals surface area contributed by atoms with E-state index in [1.807, 2.05) is 0 Å². The molecular formula is C21H27NO5. The van der Waals surface area contributed by atoms with Crippen LogP contribution in [-0.2, 0) is 19.1 Å². The van der Waals surface area contributed by atoms with Crippen LogP contribution in [0.2, 0.25) is 0 Å². The predicted octanol–water partition coefficient (Wildman–Crippen LogP) is 3.56. The van der Waals surface area contributed by atoms with Crippen LogP contribution >= 0.6 is 0 Å². The first-order valence-corrected chi connectivity index (χ1v) is 9.67. The molecule has 0 saturated heterocycles. The number of nitrogens with one attached hydrogen (secondary N) is 1. The van der Waals surface area contributed by atoms with Gasteiger partial charge in [0, 0.05) is 12.1 Å². The fraction of sp³-hybridized carbons (Fsp3) is 0.571. The minimum absolute atomic E-state index is 0.189. The van der Waals surface area contributed by atoms with Crippen LogP contribution in [0, 0.1) is 17.8 Å². The molecule has 1 aromatic rings. The van der Waals surface area contributed by atoms with Crippen LogP contribution in [0.5, 0.6) is 0 Å². The lowest BCUT2D eigenvalue weighted by molar-refractivity contribution is -0.148. The Morgan fingerprint density at radius 3 is 2.44 bits per heavy atom. The van der Waals surface area contributed by atoms with Gasteiger partial charge >= 0.3 is 11.9 Å². The van der Waals surface area contributed by atoms with E-state index >= 15 is 0 Å². The van der Waals surface area contributed by atoms with Crippen molar-refractivity contribution in [2.24, 2.45) is 17.8 Å². The van der Waals surface area contributed by atoms with Crippen molar-refractivity contribution in [1.82, 2.24) is 0 Å². The summed E-state index contributed by atoms with van der Waals surface area (Å²) in [5, 5.41) is 2.66. The van der Waals surface area contributed by atoms with Gasteiger partial charge in [-0.1, -0.05) is 6.42 Å². The minimum Gasteiger partial charge on any atom is -0.459 e. The molecule has 0 unspecified atom stereocenters. The first kappa shape index (κ1) is 19.4. The standard InChI is InChI=1S/C21H27NO5/c1-13(2)27-21(25)15-5-7-18(8-6-15)22-19(23)12-26-20(24)11-17-10-14-3-4-16(17)9-14/h5-8,13-14,16-17H,3-4,9-12H2,1-2H3,(H,22,23)/t14-,16+,17-/m0/s1. The van der Waals surface area contributed by atoms with Crippen LogP contribution in [0.4, 0.5) is 5.69 Å². The molecule has 146 valence electrons. The number of carbonyl (C=O) groups excluding carboxylic acids is 3. The highest BCUT2D eigenvalue weighted by atomic mass is 16.5. The summed E-state index contributed by atoms with van der Waals surface area (Å²) in [4.78, 5) is 35.7. The number of benzene rings is 1. The second kappa shape index (κ2) is 8.55. The Balaban J connectivity index is 1.40. The summed E-state index contributed by atoms with van der Waals surface area (Å²) in [7, 11) is 0. The minimum atomic E-state index is -0.405. The number of fused-ring (bicyclic) bond motifs is 2. The van der Waals surface area contributed by atoms with Crippen molar-refractivity contribution in [2.75, 3.05) is 11.9 Å². The highest BCUT2D eigenvalue weighted by Crippen LogP contribution is 2.49. The summed E-state index contributed by atoms with van der Waals surface area (Å²) in [6.07, 6.45) is 5.12. The molecule has 1 N–H and O–H groups in total. The molecule has 1 amide bonds. The van der Waals surface area contributed by atoms with Crippen molar-refractivity contribution in [3.63, 3.8) is 0 Å². The van der Waals surface area contributed by atoms with E-state index in [4.69, 9.17) is 9.47 Å². The second-order valence-electron chi connectivity index (χ2n) is 7.88. The van der Waals surface area contributed by atoms with E-state index in [9.17, 15) is 14.4 Å². The summed E-state index contributed by atoms with van der Waals surface area (Å²) in [5.41, 5.74) is 0.948. The first-order valence-electron chi connectivity index (χ1n) is 9.67. The van der Waals surface area contributed by atoms with E-state index in [0.29, 0.717) is 29.5 Å². The first-order chi connectivity index (χ1) is 12.9. The average molecular weight is 373 g/mol. The molecule has 0 aliphatic heterocycles. The highest BCUT2D eigenvalue weighted by Gasteiger charge is 2.40. The normalized spacial score (nSPS) is 23.3. The number of rotatable bonds is 7. The molecule has 2 saturated carbocycles. The topological polar surface area (TPSA) is 81.7 Å². The summed E-state index contributed by atoms with van der Waals surface area (Å²) in [6, 6.07) is 6.40. The van der Waals surface area contributed by atoms with Gasteiger partial charge in [-0.15, -0.1) is 0 Å². The van der Waals surface area contributed by atoms with Crippen molar-refractivity contribution < 1.29 is 23.9 Å². The van der Waals surface area contributed by atoms with E-state index in [2.05, 4.69) is 5.32 Å². The van der Waals surface area contributed by atoms with E-state index < -0.39 is 11.9 Å². The number of anilines is 1. The van der Waals surface area contributed by atoms with Crippen LogP contribution in [-0.4, -0.2) is 30.6 Å². The summed E-state index contributed by atoms with van der Waals surface area (Å²) in [6.45, 7) is 3.27. The van der Waals surface area contributed by atoms with E-state index in [0.717, 1.165) is 12.3 Å². The van der Waals surface area contributed by atoms with Crippen molar-refractivity contribution in [3.8, 4) is 0 Å². The van der Waals surface area contributed by atoms with E-state index in [1.165, 1.54) is 19.3 Å². The van der Waals surface area contributed by atoms with Gasteiger partial charge in [-0.3, -0.25) is 9.59 Å². The van der Waals surface area contributed by atoms with Gasteiger partial charge in [-0.05, 0) is 75.1 Å². The lowest BCUT2D eigenvalue weighted by Crippen LogP contribution is -2.23. The summed E-state index contributed by atoms with van der Waals surface area (Å²) < 4.78 is 10.2. The molecule has 3 atom stereocenters. The lowest BCUT2D eigenvalue weighted by atomic mass is 9.86. The number of carbonyl (C=O) groups is 3. The Bertz CT molecular complexity index is 697. The van der Waals surface area contributed by atoms with Gasteiger partial charge in [0.2, 0.25) is 0 Å². The molecule has 0 radical (unpaired) electrons. The Kier molecular flexibility index (Phi) is 6.14. The van der Waals surface area contributed by atoms with Gasteiger partial charge < -0.3 is 14.8 Å². The molecule has 2 aliphatic carbocycles. The Morgan fingerprint density at radius 2 is 1.85 bits per heavy atom. The molecule has 1 aromatic carbocycles. The third kappa shape index (κ3) is 5.31. The molecule has 6 nitrogen and oxygen atoms in total. The number of hydrogen-bond acceptors (Lipinski definition) is 5. The maximum absolute atomic E-state index is 12.0. The quantitative estimate of drug-likeness (QED) is 0.739. The van der Waals surface area contributed by atoms with Crippen LogP contribution in [0.1, 0.15) is 56.3 Å². The molecule has 2 fully saturated rings. The van der Waals surface area contributed by atoms with Gasteiger partial charge in [0.15, 0.2) is 6.61 Å². The Labute approximate surface area is 159 Å². The zero-order valence-electron chi connectivity index (χ0n) is 15.9. The molecule has 0 spiro atoms. The highest BCUT2D eigenvalue weighted by molar-refractivity contribution is 5.94. The number of ether oxygens (including phenoxy) is 2. The summed E-state index contributed by atoms with van der Waals surface area (Å²) in [5.74, 6) is 0.785. The Morgan fingerprint density at radius 1 is 1.11 bits per heavy atom. The maximum Gasteiger partial charge on any atom is 0.338 e. The maximum atomic E-state index is 12.0. The Hall–Kier alpha value is -2.37. The third-order valence-corrected chi connectivity index (χ3v) is 5.42. The average Bonchev–Trinajstić information content (AvgIpc) is 3.23. The smallest absolute Gasteiger partial charge is 0.338 e.